The smallest absolute Gasteiger partial charge is 0.338 e. The van der Waals surface area contributed by atoms with E-state index in [-0.39, 0.29) is 68.9 Å². The topological polar surface area (TPSA) is 158 Å². The lowest BCUT2D eigenvalue weighted by atomic mass is 9.64. The summed E-state index contributed by atoms with van der Waals surface area (Å²) in [5.74, 6) is -2.74. The van der Waals surface area contributed by atoms with Crippen LogP contribution in [0.25, 0.3) is 32.3 Å². The molecule has 72 heavy (non-hydrogen) atoms. The van der Waals surface area contributed by atoms with Crippen molar-refractivity contribution in [2.24, 2.45) is 0 Å². The first-order valence-corrected chi connectivity index (χ1v) is 24.4. The summed E-state index contributed by atoms with van der Waals surface area (Å²) in [7, 11) is 7.84. The lowest BCUT2D eigenvalue weighted by molar-refractivity contribution is 0.0555. The van der Waals surface area contributed by atoms with Crippen molar-refractivity contribution in [1.82, 2.24) is 0 Å². The van der Waals surface area contributed by atoms with Crippen LogP contribution < -0.4 is 0 Å². The van der Waals surface area contributed by atoms with Crippen LogP contribution in [0.2, 0.25) is 0 Å². The summed E-state index contributed by atoms with van der Waals surface area (Å²) in [5.41, 5.74) is 17.0. The lowest BCUT2D eigenvalue weighted by Crippen LogP contribution is -2.26. The highest BCUT2D eigenvalue weighted by Crippen LogP contribution is 2.65. The van der Waals surface area contributed by atoms with Gasteiger partial charge in [-0.1, -0.05) is 36.4 Å². The van der Waals surface area contributed by atoms with E-state index < -0.39 is 35.8 Å². The summed E-state index contributed by atoms with van der Waals surface area (Å²) in [5, 5.41) is 5.11. The molecule has 6 atom stereocenters. The Balaban J connectivity index is 1.04. The van der Waals surface area contributed by atoms with Crippen molar-refractivity contribution < 1.29 is 57.2 Å². The Bertz CT molecular complexity index is 3330. The van der Waals surface area contributed by atoms with Gasteiger partial charge < -0.3 is 28.4 Å². The molecular weight excluding hydrogens is 913 g/mol. The van der Waals surface area contributed by atoms with Crippen LogP contribution in [0.5, 0.6) is 0 Å². The predicted octanol–water partition coefficient (Wildman–Crippen LogP) is 10.4. The Morgan fingerprint density at radius 1 is 0.306 bits per heavy atom. The van der Waals surface area contributed by atoms with Gasteiger partial charge in [-0.2, -0.15) is 0 Å². The summed E-state index contributed by atoms with van der Waals surface area (Å²) < 4.78 is 30.8. The summed E-state index contributed by atoms with van der Waals surface area (Å²) >= 11 is 0. The van der Waals surface area contributed by atoms with E-state index in [0.29, 0.717) is 0 Å². The van der Waals surface area contributed by atoms with Gasteiger partial charge in [0.2, 0.25) is 0 Å². The van der Waals surface area contributed by atoms with Gasteiger partial charge >= 0.3 is 35.8 Å². The second-order valence-electron chi connectivity index (χ2n) is 20.4. The molecule has 12 heteroatoms. The van der Waals surface area contributed by atoms with Gasteiger partial charge in [0, 0.05) is 17.8 Å². The standard InChI is InChI=1S/C60H48O12/c1-67-55(61)43-13-25-7-34-31-19-40(37(34)10-28(25)16-46(43)58(64)70-4)52-49(22-31)53-41-20-33(36-9-27-15-45(57(63)69-3)47(59(65)71-5)17-29(27)11-38(36)41)24-51(53)54-42-21-32(23-50(52)54)35-8-26-14-44(56(62)68-2)48(60(66)72-6)18-30(26)12-39(35)42/h7-18,31-33,40-42H,19-24H2,1-6H3. The molecule has 0 spiro atoms. The molecule has 0 saturated carbocycles. The number of hydrogen-bond acceptors (Lipinski definition) is 12. The maximum absolute atomic E-state index is 13.2. The minimum atomic E-state index is -0.610. The number of hydrogen-bond donors (Lipinski definition) is 0. The molecule has 0 saturated heterocycles. The molecule has 0 amide bonds. The second-order valence-corrected chi connectivity index (χ2v) is 20.4. The van der Waals surface area contributed by atoms with Crippen LogP contribution in [-0.4, -0.2) is 78.5 Å². The summed E-state index contributed by atoms with van der Waals surface area (Å²) in [4.78, 5) is 78.7. The Morgan fingerprint density at radius 3 is 0.694 bits per heavy atom. The summed E-state index contributed by atoms with van der Waals surface area (Å²) in [6, 6.07) is 23.9. The molecule has 0 aromatic heterocycles. The number of fused-ring (bicyclic) bond motifs is 27. The van der Waals surface area contributed by atoms with Gasteiger partial charge in [-0.15, -0.1) is 0 Å². The average Bonchev–Trinajstić information content (AvgIpc) is 3.96. The molecule has 0 N–H and O–H groups in total. The van der Waals surface area contributed by atoms with Crippen molar-refractivity contribution in [2.75, 3.05) is 42.7 Å². The molecule has 6 aliphatic rings. The van der Waals surface area contributed by atoms with E-state index >= 15 is 0 Å². The number of rotatable bonds is 6. The molecule has 7 aromatic rings. The van der Waals surface area contributed by atoms with Crippen LogP contribution in [0.1, 0.15) is 184 Å². The van der Waals surface area contributed by atoms with Gasteiger partial charge in [-0.05, 0) is 192 Å². The first kappa shape index (κ1) is 44.1. The average molecular weight is 961 g/mol. The molecule has 0 heterocycles. The highest BCUT2D eigenvalue weighted by Gasteiger charge is 2.50. The predicted molar refractivity (Wildman–Crippen MR) is 265 cm³/mol. The first-order valence-electron chi connectivity index (χ1n) is 24.4. The van der Waals surface area contributed by atoms with Crippen molar-refractivity contribution in [1.29, 1.82) is 0 Å². The number of carbonyl (C=O) groups is 6. The van der Waals surface area contributed by atoms with Crippen LogP contribution >= 0.6 is 0 Å². The molecule has 0 radical (unpaired) electrons. The Kier molecular flexibility index (Phi) is 9.69. The molecule has 12 nitrogen and oxygen atoms in total. The molecule has 6 unspecified atom stereocenters. The van der Waals surface area contributed by atoms with Crippen molar-refractivity contribution in [3.63, 3.8) is 0 Å². The number of esters is 6. The maximum Gasteiger partial charge on any atom is 0.338 e. The van der Waals surface area contributed by atoms with Gasteiger partial charge in [-0.3, -0.25) is 0 Å². The Morgan fingerprint density at radius 2 is 0.500 bits per heavy atom. The number of methoxy groups -OCH3 is 6. The zero-order chi connectivity index (χ0) is 49.8. The quantitative estimate of drug-likeness (QED) is 0.115. The van der Waals surface area contributed by atoms with Crippen LogP contribution in [0.4, 0.5) is 0 Å². The normalized spacial score (nSPS) is 20.9. The van der Waals surface area contributed by atoms with Gasteiger partial charge in [0.05, 0.1) is 76.0 Å². The Labute approximate surface area is 413 Å². The first-order chi connectivity index (χ1) is 34.9. The maximum atomic E-state index is 13.2. The minimum absolute atomic E-state index is 0.0820. The number of carbonyl (C=O) groups excluding carboxylic acids is 6. The van der Waals surface area contributed by atoms with Crippen molar-refractivity contribution in [3.05, 3.63) is 173 Å². The molecule has 0 aliphatic heterocycles. The highest BCUT2D eigenvalue weighted by molar-refractivity contribution is 6.10. The zero-order valence-corrected chi connectivity index (χ0v) is 40.5. The molecule has 0 fully saturated rings. The third-order valence-corrected chi connectivity index (χ3v) is 17.3. The van der Waals surface area contributed by atoms with E-state index in [0.717, 1.165) is 70.8 Å². The molecule has 13 rings (SSSR count). The van der Waals surface area contributed by atoms with Crippen LogP contribution in [-0.2, 0) is 47.7 Å². The van der Waals surface area contributed by atoms with Gasteiger partial charge in [0.15, 0.2) is 0 Å². The van der Waals surface area contributed by atoms with Crippen LogP contribution in [0, 0.1) is 0 Å². The van der Waals surface area contributed by atoms with Crippen LogP contribution in [0.3, 0.4) is 0 Å². The third kappa shape index (κ3) is 6.04. The zero-order valence-electron chi connectivity index (χ0n) is 40.5. The van der Waals surface area contributed by atoms with Crippen molar-refractivity contribution in [2.45, 2.75) is 74.0 Å². The molecule has 6 aliphatic carbocycles. The van der Waals surface area contributed by atoms with Gasteiger partial charge in [0.1, 0.15) is 0 Å². The van der Waals surface area contributed by atoms with E-state index in [1.807, 2.05) is 0 Å². The SMILES string of the molecule is COC(=O)c1cc2cc3c(cc2cc1C(=O)OC)C1CC3Cc2c1c1c(c3c2C2CC(C3)c3cc4cc(C(=O)OC)c(C(=O)OC)cc4cc32)C2CC(C1)c1cc3cc(C(=O)OC)c(C(=O)OC)cc3cc12. The van der Waals surface area contributed by atoms with Gasteiger partial charge in [0.25, 0.3) is 0 Å². The lowest BCUT2D eigenvalue weighted by Gasteiger charge is -2.40. The minimum Gasteiger partial charge on any atom is -0.465 e. The van der Waals surface area contributed by atoms with E-state index in [1.165, 1.54) is 109 Å². The fraction of sp³-hybridized carbons (Fsp3) is 0.300. The van der Waals surface area contributed by atoms with Crippen LogP contribution in [0.15, 0.2) is 72.8 Å². The van der Waals surface area contributed by atoms with Gasteiger partial charge in [-0.25, -0.2) is 28.8 Å². The number of benzene rings is 7. The molecular formula is C60H48O12. The van der Waals surface area contributed by atoms with E-state index in [4.69, 9.17) is 28.4 Å². The number of ether oxygens (including phenoxy) is 6. The monoisotopic (exact) mass is 960 g/mol. The molecule has 6 bridgehead atoms. The fourth-order valence-electron chi connectivity index (χ4n) is 14.5. The van der Waals surface area contributed by atoms with E-state index in [2.05, 4.69) is 36.4 Å². The van der Waals surface area contributed by atoms with Crippen molar-refractivity contribution >= 4 is 68.1 Å². The van der Waals surface area contributed by atoms with Crippen molar-refractivity contribution in [3.8, 4) is 0 Å². The fourth-order valence-corrected chi connectivity index (χ4v) is 14.5. The van der Waals surface area contributed by atoms with E-state index in [9.17, 15) is 28.8 Å². The molecule has 7 aromatic carbocycles. The largest absolute Gasteiger partial charge is 0.465 e. The highest BCUT2D eigenvalue weighted by atomic mass is 16.5. The molecule has 360 valence electrons. The summed E-state index contributed by atoms with van der Waals surface area (Å²) in [6.45, 7) is 0. The summed E-state index contributed by atoms with van der Waals surface area (Å²) in [6.07, 6.45) is 5.35. The third-order valence-electron chi connectivity index (χ3n) is 17.3. The Hall–Kier alpha value is -7.86. The van der Waals surface area contributed by atoms with E-state index in [1.54, 1.807) is 36.4 Å². The second kappa shape index (κ2) is 15.8.